The largest absolute Gasteiger partial charge is 0.496 e. The maximum atomic E-state index is 13.0. The third-order valence-electron chi connectivity index (χ3n) is 4.85. The summed E-state index contributed by atoms with van der Waals surface area (Å²) >= 11 is 0. The van der Waals surface area contributed by atoms with Gasteiger partial charge >= 0.3 is 0 Å². The van der Waals surface area contributed by atoms with Crippen molar-refractivity contribution in [2.45, 2.75) is 6.42 Å². The number of nitrogens with zero attached hydrogens (tertiary/aromatic N) is 2. The number of anilines is 2. The molecule has 0 bridgehead atoms. The summed E-state index contributed by atoms with van der Waals surface area (Å²) in [5.41, 5.74) is 4.03. The van der Waals surface area contributed by atoms with Crippen molar-refractivity contribution in [3.8, 4) is 5.75 Å². The van der Waals surface area contributed by atoms with Crippen molar-refractivity contribution in [2.75, 3.05) is 37.0 Å². The average Bonchev–Trinajstić information content (AvgIpc) is 3.05. The van der Waals surface area contributed by atoms with Crippen LogP contribution in [0.25, 0.3) is 10.9 Å². The van der Waals surface area contributed by atoms with Crippen molar-refractivity contribution >= 4 is 28.2 Å². The van der Waals surface area contributed by atoms with E-state index in [9.17, 15) is 4.79 Å². The highest BCUT2D eigenvalue weighted by molar-refractivity contribution is 6.01. The highest BCUT2D eigenvalue weighted by Gasteiger charge is 2.25. The normalized spacial score (nSPS) is 13.8. The number of nitrogens with one attached hydrogen (secondary N) is 1. The lowest BCUT2D eigenvalue weighted by atomic mass is 10.1. The summed E-state index contributed by atoms with van der Waals surface area (Å²) in [7, 11) is 3.72. The number of methoxy groups -OCH3 is 1. The first-order chi connectivity index (χ1) is 12.2. The van der Waals surface area contributed by atoms with Crippen LogP contribution in [0.4, 0.5) is 11.4 Å². The van der Waals surface area contributed by atoms with E-state index in [1.165, 1.54) is 0 Å². The number of likely N-dealkylation sites (N-methyl/N-ethyl adjacent to an activating group) is 1. The van der Waals surface area contributed by atoms with Gasteiger partial charge in [-0.05, 0) is 29.8 Å². The minimum Gasteiger partial charge on any atom is -0.496 e. The Bertz CT molecular complexity index is 932. The van der Waals surface area contributed by atoms with Gasteiger partial charge in [0.1, 0.15) is 5.75 Å². The molecule has 1 aromatic heterocycles. The molecular weight excluding hydrogens is 314 g/mol. The molecule has 1 aliphatic rings. The third kappa shape index (κ3) is 2.61. The Balaban J connectivity index is 1.67. The number of hydrogen-bond acceptors (Lipinski definition) is 3. The second-order valence-corrected chi connectivity index (χ2v) is 6.33. The third-order valence-corrected chi connectivity index (χ3v) is 4.85. The van der Waals surface area contributed by atoms with Gasteiger partial charge in [0.15, 0.2) is 0 Å². The summed E-state index contributed by atoms with van der Waals surface area (Å²) in [6.07, 6.45) is 2.26. The topological polar surface area (TPSA) is 48.6 Å². The maximum Gasteiger partial charge on any atom is 0.231 e. The predicted octanol–water partition coefficient (Wildman–Crippen LogP) is 3.20. The maximum absolute atomic E-state index is 13.0. The van der Waals surface area contributed by atoms with Gasteiger partial charge < -0.3 is 19.5 Å². The number of benzene rings is 2. The molecule has 0 radical (unpaired) electrons. The SMILES string of the molecule is COc1cccc2[nH]cc(CC(=O)N3CCN(C)c4ccccc43)c12. The summed E-state index contributed by atoms with van der Waals surface area (Å²) in [6, 6.07) is 13.9. The Morgan fingerprint density at radius 1 is 1.12 bits per heavy atom. The van der Waals surface area contributed by atoms with E-state index in [2.05, 4.69) is 23.0 Å². The highest BCUT2D eigenvalue weighted by atomic mass is 16.5. The number of aromatic amines is 1. The van der Waals surface area contributed by atoms with E-state index in [4.69, 9.17) is 4.74 Å². The molecule has 0 atom stereocenters. The van der Waals surface area contributed by atoms with E-state index in [1.807, 2.05) is 47.5 Å². The Morgan fingerprint density at radius 3 is 2.72 bits per heavy atom. The average molecular weight is 335 g/mol. The molecule has 0 unspecified atom stereocenters. The van der Waals surface area contributed by atoms with Gasteiger partial charge in [-0.15, -0.1) is 0 Å². The number of carbonyl (C=O) groups is 1. The van der Waals surface area contributed by atoms with Crippen LogP contribution in [0.15, 0.2) is 48.7 Å². The molecule has 2 aromatic carbocycles. The summed E-state index contributed by atoms with van der Waals surface area (Å²) < 4.78 is 5.47. The molecule has 5 nitrogen and oxygen atoms in total. The van der Waals surface area contributed by atoms with Crippen molar-refractivity contribution in [2.24, 2.45) is 0 Å². The number of carbonyl (C=O) groups excluding carboxylic acids is 1. The lowest BCUT2D eigenvalue weighted by Gasteiger charge is -2.35. The van der Waals surface area contributed by atoms with Crippen LogP contribution < -0.4 is 14.5 Å². The summed E-state index contributed by atoms with van der Waals surface area (Å²) in [5, 5.41) is 0.987. The summed E-state index contributed by atoms with van der Waals surface area (Å²) in [6.45, 7) is 1.53. The molecular formula is C20H21N3O2. The zero-order valence-electron chi connectivity index (χ0n) is 14.5. The molecule has 4 rings (SSSR count). The van der Waals surface area contributed by atoms with Gasteiger partial charge in [0.25, 0.3) is 0 Å². The quantitative estimate of drug-likeness (QED) is 0.800. The fourth-order valence-electron chi connectivity index (χ4n) is 3.55. The lowest BCUT2D eigenvalue weighted by molar-refractivity contribution is -0.118. The molecule has 1 N–H and O–H groups in total. The van der Waals surface area contributed by atoms with E-state index in [1.54, 1.807) is 7.11 Å². The standard InChI is InChI=1S/C20H21N3O2/c1-22-10-11-23(17-8-4-3-7-16(17)22)19(24)12-14-13-21-15-6-5-9-18(25-2)20(14)15/h3-9,13,21H,10-12H2,1-2H3. The molecule has 25 heavy (non-hydrogen) atoms. The molecule has 0 saturated carbocycles. The first kappa shape index (κ1) is 15.6. The molecule has 128 valence electrons. The van der Waals surface area contributed by atoms with Crippen molar-refractivity contribution in [3.05, 3.63) is 54.2 Å². The van der Waals surface area contributed by atoms with Crippen molar-refractivity contribution in [1.82, 2.24) is 4.98 Å². The Kier molecular flexibility index (Phi) is 3.84. The fraction of sp³-hybridized carbons (Fsp3) is 0.250. The second-order valence-electron chi connectivity index (χ2n) is 6.33. The van der Waals surface area contributed by atoms with Crippen LogP contribution >= 0.6 is 0 Å². The van der Waals surface area contributed by atoms with Crippen molar-refractivity contribution < 1.29 is 9.53 Å². The molecule has 0 aliphatic carbocycles. The van der Waals surface area contributed by atoms with Gasteiger partial charge in [0.2, 0.25) is 5.91 Å². The van der Waals surface area contributed by atoms with Gasteiger partial charge in [-0.3, -0.25) is 4.79 Å². The van der Waals surface area contributed by atoms with Gasteiger partial charge in [-0.25, -0.2) is 0 Å². The minimum atomic E-state index is 0.104. The molecule has 0 fully saturated rings. The monoisotopic (exact) mass is 335 g/mol. The molecule has 5 heteroatoms. The molecule has 3 aromatic rings. The number of rotatable bonds is 3. The number of ether oxygens (including phenoxy) is 1. The van der Waals surface area contributed by atoms with Crippen LogP contribution in [0.5, 0.6) is 5.75 Å². The van der Waals surface area contributed by atoms with Crippen molar-refractivity contribution in [3.63, 3.8) is 0 Å². The highest BCUT2D eigenvalue weighted by Crippen LogP contribution is 2.33. The number of hydrogen-bond donors (Lipinski definition) is 1. The lowest BCUT2D eigenvalue weighted by Crippen LogP contribution is -2.43. The van der Waals surface area contributed by atoms with E-state index >= 15 is 0 Å². The van der Waals surface area contributed by atoms with Crippen LogP contribution in [0, 0.1) is 0 Å². The van der Waals surface area contributed by atoms with E-state index < -0.39 is 0 Å². The van der Waals surface area contributed by atoms with Crippen LogP contribution in [-0.4, -0.2) is 38.1 Å². The number of aromatic nitrogens is 1. The Labute approximate surface area is 146 Å². The molecule has 1 amide bonds. The number of H-pyrrole nitrogens is 1. The van der Waals surface area contributed by atoms with Crippen LogP contribution in [0.3, 0.4) is 0 Å². The van der Waals surface area contributed by atoms with Crippen LogP contribution in [-0.2, 0) is 11.2 Å². The number of para-hydroxylation sites is 2. The first-order valence-electron chi connectivity index (χ1n) is 8.42. The predicted molar refractivity (Wildman–Crippen MR) is 101 cm³/mol. The fourth-order valence-corrected chi connectivity index (χ4v) is 3.55. The number of amides is 1. The zero-order chi connectivity index (χ0) is 17.4. The van der Waals surface area contributed by atoms with Gasteiger partial charge in [0, 0.05) is 37.2 Å². The van der Waals surface area contributed by atoms with E-state index in [0.717, 1.165) is 40.1 Å². The molecule has 1 aliphatic heterocycles. The molecule has 0 spiro atoms. The molecule has 2 heterocycles. The number of fused-ring (bicyclic) bond motifs is 2. The smallest absolute Gasteiger partial charge is 0.231 e. The Morgan fingerprint density at radius 2 is 1.92 bits per heavy atom. The summed E-state index contributed by atoms with van der Waals surface area (Å²) in [4.78, 5) is 20.4. The Hall–Kier alpha value is -2.95. The van der Waals surface area contributed by atoms with Crippen LogP contribution in [0.1, 0.15) is 5.56 Å². The van der Waals surface area contributed by atoms with Gasteiger partial charge in [-0.2, -0.15) is 0 Å². The minimum absolute atomic E-state index is 0.104. The first-order valence-corrected chi connectivity index (χ1v) is 8.42. The van der Waals surface area contributed by atoms with E-state index in [0.29, 0.717) is 13.0 Å². The second kappa shape index (κ2) is 6.16. The van der Waals surface area contributed by atoms with Gasteiger partial charge in [-0.1, -0.05) is 18.2 Å². The van der Waals surface area contributed by atoms with E-state index in [-0.39, 0.29) is 5.91 Å². The summed E-state index contributed by atoms with van der Waals surface area (Å²) in [5.74, 6) is 0.896. The van der Waals surface area contributed by atoms with Crippen molar-refractivity contribution in [1.29, 1.82) is 0 Å². The zero-order valence-corrected chi connectivity index (χ0v) is 14.5. The molecule has 0 saturated heterocycles. The van der Waals surface area contributed by atoms with Gasteiger partial charge in [0.05, 0.1) is 24.9 Å². The van der Waals surface area contributed by atoms with Crippen LogP contribution in [0.2, 0.25) is 0 Å².